The second kappa shape index (κ2) is 5.83. The molecular weight excluding hydrogens is 294 g/mol. The molecule has 0 bridgehead atoms. The van der Waals surface area contributed by atoms with Crippen molar-refractivity contribution in [3.63, 3.8) is 0 Å². The van der Waals surface area contributed by atoms with E-state index in [-0.39, 0.29) is 6.04 Å². The summed E-state index contributed by atoms with van der Waals surface area (Å²) in [6.45, 7) is 0.718. The van der Waals surface area contributed by atoms with E-state index in [0.717, 1.165) is 22.5 Å². The summed E-state index contributed by atoms with van der Waals surface area (Å²) >= 11 is 7.53. The zero-order valence-electron chi connectivity index (χ0n) is 10.9. The fraction of sp³-hybridized carbons (Fsp3) is 0.214. The number of nitrogens with one attached hydrogen (secondary N) is 1. The van der Waals surface area contributed by atoms with E-state index in [2.05, 4.69) is 10.3 Å². The first-order valence-electron chi connectivity index (χ1n) is 6.22. The standard InChI is InChI=1S/C14H14ClN3OS/c1-18-7-6-16-14(18)13(11-3-2-8-19-11)17-9-10-4-5-12(15)20-10/h2-8,13,17H,9H2,1H3. The summed E-state index contributed by atoms with van der Waals surface area (Å²) in [6, 6.07) is 7.69. The van der Waals surface area contributed by atoms with Crippen molar-refractivity contribution in [1.29, 1.82) is 0 Å². The van der Waals surface area contributed by atoms with Crippen molar-refractivity contribution < 1.29 is 4.42 Å². The fourth-order valence-electron chi connectivity index (χ4n) is 2.08. The van der Waals surface area contributed by atoms with Gasteiger partial charge in [0.15, 0.2) is 0 Å². The number of thiophene rings is 1. The van der Waals surface area contributed by atoms with Gasteiger partial charge < -0.3 is 8.98 Å². The number of imidazole rings is 1. The van der Waals surface area contributed by atoms with Gasteiger partial charge in [-0.3, -0.25) is 5.32 Å². The molecule has 0 aliphatic carbocycles. The molecule has 3 aromatic rings. The lowest BCUT2D eigenvalue weighted by molar-refractivity contribution is 0.430. The van der Waals surface area contributed by atoms with E-state index < -0.39 is 0 Å². The predicted octanol–water partition coefficient (Wildman–Crippen LogP) is 3.61. The lowest BCUT2D eigenvalue weighted by atomic mass is 10.2. The Bertz CT molecular complexity index is 674. The highest BCUT2D eigenvalue weighted by Gasteiger charge is 2.20. The topological polar surface area (TPSA) is 43.0 Å². The molecule has 1 unspecified atom stereocenters. The van der Waals surface area contributed by atoms with Crippen LogP contribution in [0.25, 0.3) is 0 Å². The first-order valence-corrected chi connectivity index (χ1v) is 7.41. The van der Waals surface area contributed by atoms with Gasteiger partial charge in [-0.2, -0.15) is 0 Å². The Labute approximate surface area is 126 Å². The Hall–Kier alpha value is -1.56. The van der Waals surface area contributed by atoms with Crippen molar-refractivity contribution in [1.82, 2.24) is 14.9 Å². The average molecular weight is 308 g/mol. The van der Waals surface area contributed by atoms with Crippen LogP contribution in [0.2, 0.25) is 4.34 Å². The van der Waals surface area contributed by atoms with Gasteiger partial charge in [-0.15, -0.1) is 11.3 Å². The van der Waals surface area contributed by atoms with Crippen LogP contribution < -0.4 is 5.32 Å². The zero-order chi connectivity index (χ0) is 13.9. The minimum Gasteiger partial charge on any atom is -0.467 e. The van der Waals surface area contributed by atoms with Gasteiger partial charge in [-0.25, -0.2) is 4.98 Å². The molecule has 0 spiro atoms. The lowest BCUT2D eigenvalue weighted by Crippen LogP contribution is -2.24. The minimum absolute atomic E-state index is 0.0779. The smallest absolute Gasteiger partial charge is 0.133 e. The predicted molar refractivity (Wildman–Crippen MR) is 79.9 cm³/mol. The van der Waals surface area contributed by atoms with Crippen molar-refractivity contribution in [3.05, 3.63) is 63.7 Å². The SMILES string of the molecule is Cn1ccnc1C(NCc1ccc(Cl)s1)c1ccco1. The maximum absolute atomic E-state index is 5.96. The second-order valence-electron chi connectivity index (χ2n) is 4.43. The first-order chi connectivity index (χ1) is 9.74. The summed E-state index contributed by atoms with van der Waals surface area (Å²) in [5, 5.41) is 3.47. The normalized spacial score (nSPS) is 12.7. The number of hydrogen-bond donors (Lipinski definition) is 1. The largest absolute Gasteiger partial charge is 0.467 e. The molecular formula is C14H14ClN3OS. The van der Waals surface area contributed by atoms with Crippen molar-refractivity contribution in [2.24, 2.45) is 7.05 Å². The van der Waals surface area contributed by atoms with Crippen LogP contribution in [-0.4, -0.2) is 9.55 Å². The van der Waals surface area contributed by atoms with Gasteiger partial charge in [0.2, 0.25) is 0 Å². The Morgan fingerprint density at radius 1 is 1.45 bits per heavy atom. The summed E-state index contributed by atoms with van der Waals surface area (Å²) in [7, 11) is 1.97. The number of aryl methyl sites for hydroxylation is 1. The summed E-state index contributed by atoms with van der Waals surface area (Å²) in [6.07, 6.45) is 5.39. The maximum Gasteiger partial charge on any atom is 0.133 e. The number of aromatic nitrogens is 2. The Morgan fingerprint density at radius 3 is 2.95 bits per heavy atom. The molecule has 0 saturated heterocycles. The molecule has 3 heterocycles. The maximum atomic E-state index is 5.96. The van der Waals surface area contributed by atoms with Gasteiger partial charge in [0.05, 0.1) is 10.6 Å². The molecule has 0 aromatic carbocycles. The molecule has 1 atom stereocenters. The number of nitrogens with zero attached hydrogens (tertiary/aromatic N) is 2. The Kier molecular flexibility index (Phi) is 3.91. The third kappa shape index (κ3) is 2.80. The lowest BCUT2D eigenvalue weighted by Gasteiger charge is -2.16. The second-order valence-corrected chi connectivity index (χ2v) is 6.23. The molecule has 0 aliphatic heterocycles. The fourth-order valence-corrected chi connectivity index (χ4v) is 3.12. The third-order valence-corrected chi connectivity index (χ3v) is 4.28. The van der Waals surface area contributed by atoms with Crippen LogP contribution in [0, 0.1) is 0 Å². The van der Waals surface area contributed by atoms with Crippen LogP contribution in [0.4, 0.5) is 0 Å². The molecule has 6 heteroatoms. The van der Waals surface area contributed by atoms with Crippen LogP contribution in [-0.2, 0) is 13.6 Å². The highest BCUT2D eigenvalue weighted by Crippen LogP contribution is 2.24. The molecule has 3 aromatic heterocycles. The third-order valence-electron chi connectivity index (χ3n) is 3.05. The molecule has 1 N–H and O–H groups in total. The van der Waals surface area contributed by atoms with Crippen LogP contribution in [0.3, 0.4) is 0 Å². The summed E-state index contributed by atoms with van der Waals surface area (Å²) in [5.41, 5.74) is 0. The molecule has 3 rings (SSSR count). The highest BCUT2D eigenvalue weighted by molar-refractivity contribution is 7.16. The summed E-state index contributed by atoms with van der Waals surface area (Å²) in [5.74, 6) is 1.77. The number of hydrogen-bond acceptors (Lipinski definition) is 4. The van der Waals surface area contributed by atoms with Crippen molar-refractivity contribution in [2.75, 3.05) is 0 Å². The van der Waals surface area contributed by atoms with E-state index in [0.29, 0.717) is 0 Å². The molecule has 0 radical (unpaired) electrons. The molecule has 0 fully saturated rings. The monoisotopic (exact) mass is 307 g/mol. The van der Waals surface area contributed by atoms with Crippen LogP contribution in [0.1, 0.15) is 22.5 Å². The van der Waals surface area contributed by atoms with Gasteiger partial charge in [-0.05, 0) is 24.3 Å². The molecule has 0 saturated carbocycles. The quantitative estimate of drug-likeness (QED) is 0.783. The number of furan rings is 1. The molecule has 104 valence electrons. The van der Waals surface area contributed by atoms with E-state index in [4.69, 9.17) is 16.0 Å². The van der Waals surface area contributed by atoms with E-state index in [9.17, 15) is 0 Å². The summed E-state index contributed by atoms with van der Waals surface area (Å²) in [4.78, 5) is 5.59. The number of rotatable bonds is 5. The molecule has 0 aliphatic rings. The highest BCUT2D eigenvalue weighted by atomic mass is 35.5. The van der Waals surface area contributed by atoms with E-state index >= 15 is 0 Å². The van der Waals surface area contributed by atoms with Crippen LogP contribution in [0.5, 0.6) is 0 Å². The molecule has 20 heavy (non-hydrogen) atoms. The zero-order valence-corrected chi connectivity index (χ0v) is 12.5. The summed E-state index contributed by atoms with van der Waals surface area (Å²) < 4.78 is 8.32. The van der Waals surface area contributed by atoms with Gasteiger partial charge in [-0.1, -0.05) is 11.6 Å². The van der Waals surface area contributed by atoms with Crippen molar-refractivity contribution >= 4 is 22.9 Å². The Morgan fingerprint density at radius 2 is 2.35 bits per heavy atom. The first kappa shape index (κ1) is 13.4. The van der Waals surface area contributed by atoms with Crippen molar-refractivity contribution in [3.8, 4) is 0 Å². The van der Waals surface area contributed by atoms with E-state index in [1.807, 2.05) is 42.1 Å². The van der Waals surface area contributed by atoms with Crippen LogP contribution >= 0.6 is 22.9 Å². The average Bonchev–Trinajstić information content (AvgIpc) is 3.14. The molecule has 4 nitrogen and oxygen atoms in total. The van der Waals surface area contributed by atoms with E-state index in [1.54, 1.807) is 23.8 Å². The van der Waals surface area contributed by atoms with Gasteiger partial charge in [0.25, 0.3) is 0 Å². The van der Waals surface area contributed by atoms with E-state index in [1.165, 1.54) is 4.88 Å². The Balaban J connectivity index is 1.81. The van der Waals surface area contributed by atoms with Gasteiger partial charge >= 0.3 is 0 Å². The van der Waals surface area contributed by atoms with Gasteiger partial charge in [0, 0.05) is 30.9 Å². The molecule has 0 amide bonds. The van der Waals surface area contributed by atoms with Crippen molar-refractivity contribution in [2.45, 2.75) is 12.6 Å². The minimum atomic E-state index is -0.0779. The number of halogens is 1. The van der Waals surface area contributed by atoms with Crippen LogP contribution in [0.15, 0.2) is 47.3 Å². The van der Waals surface area contributed by atoms with Gasteiger partial charge in [0.1, 0.15) is 17.6 Å².